The minimum Gasteiger partial charge on any atom is -0.506 e. The van der Waals surface area contributed by atoms with Crippen molar-refractivity contribution in [3.05, 3.63) is 46.1 Å². The van der Waals surface area contributed by atoms with E-state index in [1.807, 2.05) is 36.0 Å². The van der Waals surface area contributed by atoms with E-state index in [9.17, 15) is 10.4 Å². The van der Waals surface area contributed by atoms with E-state index in [0.29, 0.717) is 11.6 Å². The Bertz CT molecular complexity index is 719. The first-order chi connectivity index (χ1) is 10.7. The first-order valence-corrected chi connectivity index (χ1v) is 9.11. The van der Waals surface area contributed by atoms with Crippen LogP contribution < -0.4 is 0 Å². The molecule has 0 aliphatic carbocycles. The average molecular weight is 375 g/mol. The second kappa shape index (κ2) is 6.72. The number of aromatic nitrogens is 1. The molecule has 112 valence electrons. The second-order valence-electron chi connectivity index (χ2n) is 5.30. The third-order valence-electron chi connectivity index (χ3n) is 3.89. The molecule has 1 N–H and O–H groups in total. The van der Waals surface area contributed by atoms with Gasteiger partial charge in [-0.25, -0.2) is 0 Å². The van der Waals surface area contributed by atoms with E-state index in [1.165, 1.54) is 0 Å². The molecule has 0 saturated carbocycles. The van der Waals surface area contributed by atoms with Gasteiger partial charge < -0.3 is 5.11 Å². The third kappa shape index (κ3) is 3.13. The van der Waals surface area contributed by atoms with Crippen LogP contribution in [0.2, 0.25) is 0 Å². The molecule has 22 heavy (non-hydrogen) atoms. The number of halogens is 1. The number of nitriles is 1. The van der Waals surface area contributed by atoms with Crippen LogP contribution in [0.15, 0.2) is 34.8 Å². The fraction of sp³-hybridized carbons (Fsp3) is 0.294. The molecule has 0 spiro atoms. The van der Waals surface area contributed by atoms with Crippen molar-refractivity contribution in [3.63, 3.8) is 0 Å². The molecule has 2 heterocycles. The molecule has 1 fully saturated rings. The summed E-state index contributed by atoms with van der Waals surface area (Å²) < 4.78 is 0.972. The summed E-state index contributed by atoms with van der Waals surface area (Å²) in [5.74, 6) is 2.65. The van der Waals surface area contributed by atoms with Gasteiger partial charge in [-0.2, -0.15) is 17.0 Å². The van der Waals surface area contributed by atoms with Crippen molar-refractivity contribution in [2.45, 2.75) is 18.8 Å². The van der Waals surface area contributed by atoms with Crippen molar-refractivity contribution in [3.8, 4) is 23.1 Å². The molecule has 1 aromatic heterocycles. The summed E-state index contributed by atoms with van der Waals surface area (Å²) in [5.41, 5.74) is 2.57. The van der Waals surface area contributed by atoms with E-state index >= 15 is 0 Å². The van der Waals surface area contributed by atoms with Gasteiger partial charge in [-0.15, -0.1) is 0 Å². The Morgan fingerprint density at radius 3 is 2.55 bits per heavy atom. The summed E-state index contributed by atoms with van der Waals surface area (Å²) in [5, 5.41) is 19.6. The predicted octanol–water partition coefficient (Wildman–Crippen LogP) is 4.70. The summed E-state index contributed by atoms with van der Waals surface area (Å²) >= 11 is 5.37. The molecule has 3 nitrogen and oxygen atoms in total. The van der Waals surface area contributed by atoms with E-state index in [0.717, 1.165) is 40.1 Å². The minimum atomic E-state index is 0.0312. The van der Waals surface area contributed by atoms with Crippen LogP contribution in [0.4, 0.5) is 0 Å². The van der Waals surface area contributed by atoms with Crippen molar-refractivity contribution in [2.24, 2.45) is 0 Å². The van der Waals surface area contributed by atoms with E-state index < -0.39 is 0 Å². The predicted molar refractivity (Wildman–Crippen MR) is 93.1 cm³/mol. The van der Waals surface area contributed by atoms with Crippen molar-refractivity contribution in [1.29, 1.82) is 5.26 Å². The molecule has 1 saturated heterocycles. The number of benzene rings is 1. The van der Waals surface area contributed by atoms with Gasteiger partial charge in [0.1, 0.15) is 17.4 Å². The molecule has 1 aliphatic heterocycles. The molecule has 3 rings (SSSR count). The van der Waals surface area contributed by atoms with Crippen molar-refractivity contribution < 1.29 is 5.11 Å². The zero-order valence-corrected chi connectivity index (χ0v) is 14.3. The minimum absolute atomic E-state index is 0.0312. The molecular formula is C17H15BrN2OS. The lowest BCUT2D eigenvalue weighted by molar-refractivity contribution is 0.469. The zero-order chi connectivity index (χ0) is 15.5. The molecule has 0 unspecified atom stereocenters. The maximum atomic E-state index is 10.2. The van der Waals surface area contributed by atoms with Gasteiger partial charge in [-0.05, 0) is 36.5 Å². The van der Waals surface area contributed by atoms with Gasteiger partial charge in [0.05, 0.1) is 5.69 Å². The Balaban J connectivity index is 2.08. The maximum Gasteiger partial charge on any atom is 0.137 e. The highest BCUT2D eigenvalue weighted by molar-refractivity contribution is 9.10. The van der Waals surface area contributed by atoms with E-state index in [1.54, 1.807) is 6.07 Å². The number of nitrogens with zero attached hydrogens (tertiary/aromatic N) is 2. The topological polar surface area (TPSA) is 56.9 Å². The Labute approximate surface area is 142 Å². The first-order valence-electron chi connectivity index (χ1n) is 7.16. The van der Waals surface area contributed by atoms with Gasteiger partial charge in [0, 0.05) is 27.7 Å². The number of pyridine rings is 1. The van der Waals surface area contributed by atoms with E-state index in [4.69, 9.17) is 4.98 Å². The van der Waals surface area contributed by atoms with Crippen molar-refractivity contribution in [1.82, 2.24) is 4.98 Å². The molecule has 0 radical (unpaired) electrons. The van der Waals surface area contributed by atoms with Crippen LogP contribution in [0.1, 0.15) is 30.0 Å². The number of hydrogen-bond acceptors (Lipinski definition) is 4. The van der Waals surface area contributed by atoms with Crippen LogP contribution in [0.3, 0.4) is 0 Å². The number of hydrogen-bond donors (Lipinski definition) is 1. The highest BCUT2D eigenvalue weighted by atomic mass is 79.9. The summed E-state index contributed by atoms with van der Waals surface area (Å²) in [6.45, 7) is 0. The monoisotopic (exact) mass is 374 g/mol. The van der Waals surface area contributed by atoms with Crippen LogP contribution >= 0.6 is 27.7 Å². The van der Waals surface area contributed by atoms with Gasteiger partial charge in [0.2, 0.25) is 0 Å². The van der Waals surface area contributed by atoms with Crippen molar-refractivity contribution >= 4 is 27.7 Å². The molecule has 1 aromatic carbocycles. The van der Waals surface area contributed by atoms with E-state index in [2.05, 4.69) is 22.0 Å². The Morgan fingerprint density at radius 1 is 1.23 bits per heavy atom. The maximum absolute atomic E-state index is 10.2. The summed E-state index contributed by atoms with van der Waals surface area (Å²) in [6.07, 6.45) is 2.14. The Morgan fingerprint density at radius 2 is 1.91 bits per heavy atom. The largest absolute Gasteiger partial charge is 0.506 e. The lowest BCUT2D eigenvalue weighted by Gasteiger charge is -2.22. The van der Waals surface area contributed by atoms with Crippen molar-refractivity contribution in [2.75, 3.05) is 11.5 Å². The molecule has 1 aliphatic rings. The lowest BCUT2D eigenvalue weighted by atomic mass is 9.95. The number of thioether (sulfide) groups is 1. The summed E-state index contributed by atoms with van der Waals surface area (Å²) in [4.78, 5) is 4.72. The molecule has 0 bridgehead atoms. The number of rotatable bonds is 2. The Hall–Kier alpha value is -1.51. The molecule has 2 aromatic rings. The SMILES string of the molecule is N#Cc1c(O)cc(C2CCSCC2)nc1-c1ccc(Br)cc1. The van der Waals surface area contributed by atoms with Crippen LogP contribution in [0.25, 0.3) is 11.3 Å². The van der Waals surface area contributed by atoms with Gasteiger partial charge in [0.25, 0.3) is 0 Å². The van der Waals surface area contributed by atoms with E-state index in [-0.39, 0.29) is 11.3 Å². The number of aromatic hydroxyl groups is 1. The van der Waals surface area contributed by atoms with Gasteiger partial charge in [0.15, 0.2) is 0 Å². The lowest BCUT2D eigenvalue weighted by Crippen LogP contribution is -2.10. The first kappa shape index (κ1) is 15.4. The highest BCUT2D eigenvalue weighted by Crippen LogP contribution is 2.36. The average Bonchev–Trinajstić information content (AvgIpc) is 2.55. The molecule has 0 amide bonds. The molecule has 5 heteroatoms. The van der Waals surface area contributed by atoms with Gasteiger partial charge in [-0.1, -0.05) is 28.1 Å². The molecule has 0 atom stereocenters. The standard InChI is InChI=1S/C17H15BrN2OS/c18-13-3-1-12(2-4-13)17-14(10-19)16(21)9-15(20-17)11-5-7-22-8-6-11/h1-4,9,11H,5-8H2,(H,20,21). The molecular weight excluding hydrogens is 360 g/mol. The summed E-state index contributed by atoms with van der Waals surface area (Å²) in [6, 6.07) is 11.4. The van der Waals surface area contributed by atoms with Crippen LogP contribution in [-0.2, 0) is 0 Å². The zero-order valence-electron chi connectivity index (χ0n) is 11.9. The van der Waals surface area contributed by atoms with Crippen LogP contribution in [-0.4, -0.2) is 21.6 Å². The second-order valence-corrected chi connectivity index (χ2v) is 7.44. The summed E-state index contributed by atoms with van der Waals surface area (Å²) in [7, 11) is 0. The fourth-order valence-electron chi connectivity index (χ4n) is 2.68. The van der Waals surface area contributed by atoms with Gasteiger partial charge >= 0.3 is 0 Å². The Kier molecular flexibility index (Phi) is 4.70. The fourth-order valence-corrected chi connectivity index (χ4v) is 4.05. The normalized spacial score (nSPS) is 15.5. The highest BCUT2D eigenvalue weighted by Gasteiger charge is 2.21. The van der Waals surface area contributed by atoms with Gasteiger partial charge in [-0.3, -0.25) is 4.98 Å². The smallest absolute Gasteiger partial charge is 0.137 e. The van der Waals surface area contributed by atoms with Crippen LogP contribution in [0, 0.1) is 11.3 Å². The third-order valence-corrected chi connectivity index (χ3v) is 5.46. The quantitative estimate of drug-likeness (QED) is 0.827. The van der Waals surface area contributed by atoms with Crippen LogP contribution in [0.5, 0.6) is 5.75 Å².